The molecule has 0 bridgehead atoms. The van der Waals surface area contributed by atoms with Crippen molar-refractivity contribution in [3.05, 3.63) is 71.4 Å². The fraction of sp³-hybridized carbons (Fsp3) is 0.174. The number of carbonyl (C=O) groups is 1. The molecule has 0 saturated heterocycles. The highest BCUT2D eigenvalue weighted by atomic mass is 32.1. The molecule has 0 aliphatic carbocycles. The van der Waals surface area contributed by atoms with Gasteiger partial charge in [0.15, 0.2) is 6.10 Å². The Kier molecular flexibility index (Phi) is 4.80. The first kappa shape index (κ1) is 18.6. The second-order valence-electron chi connectivity index (χ2n) is 7.23. The SMILES string of the molecule is O=C(O)C1Cc2cc(-c3cc(NCCc4ccc5sccc5c4)ncn3)ccc2O1. The Bertz CT molecular complexity index is 1240. The van der Waals surface area contributed by atoms with Gasteiger partial charge in [0.2, 0.25) is 0 Å². The van der Waals surface area contributed by atoms with Gasteiger partial charge in [-0.15, -0.1) is 11.3 Å². The van der Waals surface area contributed by atoms with Crippen LogP contribution >= 0.6 is 11.3 Å². The molecule has 4 aromatic rings. The van der Waals surface area contributed by atoms with E-state index in [2.05, 4.69) is 44.9 Å². The molecule has 0 spiro atoms. The summed E-state index contributed by atoms with van der Waals surface area (Å²) in [6.45, 7) is 0.768. The summed E-state index contributed by atoms with van der Waals surface area (Å²) >= 11 is 1.76. The van der Waals surface area contributed by atoms with E-state index in [9.17, 15) is 4.79 Å². The van der Waals surface area contributed by atoms with Gasteiger partial charge < -0.3 is 15.2 Å². The number of rotatable bonds is 6. The zero-order valence-electron chi connectivity index (χ0n) is 16.0. The van der Waals surface area contributed by atoms with Gasteiger partial charge in [-0.3, -0.25) is 0 Å². The predicted molar refractivity (Wildman–Crippen MR) is 117 cm³/mol. The Hall–Kier alpha value is -3.45. The van der Waals surface area contributed by atoms with Crippen molar-refractivity contribution in [2.45, 2.75) is 18.9 Å². The van der Waals surface area contributed by atoms with E-state index in [0.717, 1.165) is 35.6 Å². The number of hydrogen-bond donors (Lipinski definition) is 2. The number of anilines is 1. The van der Waals surface area contributed by atoms with E-state index in [1.54, 1.807) is 17.7 Å². The quantitative estimate of drug-likeness (QED) is 0.484. The number of carboxylic acid groups (broad SMARTS) is 1. The van der Waals surface area contributed by atoms with Gasteiger partial charge in [0, 0.05) is 29.3 Å². The Morgan fingerprint density at radius 3 is 3.00 bits per heavy atom. The van der Waals surface area contributed by atoms with E-state index in [4.69, 9.17) is 9.84 Å². The second kappa shape index (κ2) is 7.76. The third-order valence-electron chi connectivity index (χ3n) is 5.21. The van der Waals surface area contributed by atoms with Crippen molar-refractivity contribution in [2.24, 2.45) is 0 Å². The van der Waals surface area contributed by atoms with Crippen molar-refractivity contribution < 1.29 is 14.6 Å². The molecule has 3 heterocycles. The third-order valence-corrected chi connectivity index (χ3v) is 6.11. The van der Waals surface area contributed by atoms with E-state index < -0.39 is 12.1 Å². The van der Waals surface area contributed by atoms with Crippen LogP contribution in [0.1, 0.15) is 11.1 Å². The topological polar surface area (TPSA) is 84.3 Å². The van der Waals surface area contributed by atoms with Crippen LogP contribution in [0.15, 0.2) is 60.2 Å². The van der Waals surface area contributed by atoms with Crippen LogP contribution in [-0.2, 0) is 17.6 Å². The highest BCUT2D eigenvalue weighted by molar-refractivity contribution is 7.17. The van der Waals surface area contributed by atoms with E-state index in [0.29, 0.717) is 12.2 Å². The highest BCUT2D eigenvalue weighted by Crippen LogP contribution is 2.33. The number of nitrogens with zero attached hydrogens (tertiary/aromatic N) is 2. The van der Waals surface area contributed by atoms with Crippen molar-refractivity contribution >= 4 is 33.2 Å². The van der Waals surface area contributed by atoms with Gasteiger partial charge in [0.25, 0.3) is 0 Å². The molecule has 2 aromatic carbocycles. The molecule has 1 aliphatic rings. The lowest BCUT2D eigenvalue weighted by Gasteiger charge is -2.08. The molecule has 7 heteroatoms. The zero-order valence-corrected chi connectivity index (χ0v) is 16.9. The molecule has 0 fully saturated rings. The molecule has 1 atom stereocenters. The summed E-state index contributed by atoms with van der Waals surface area (Å²) in [5.74, 6) is 0.442. The number of benzene rings is 2. The molecule has 2 N–H and O–H groups in total. The summed E-state index contributed by atoms with van der Waals surface area (Å²) in [7, 11) is 0. The first-order chi connectivity index (χ1) is 14.7. The molecular weight excluding hydrogens is 398 g/mol. The average molecular weight is 417 g/mol. The minimum absolute atomic E-state index is 0.364. The molecule has 30 heavy (non-hydrogen) atoms. The standard InChI is InChI=1S/C23H19N3O3S/c27-23(28)20-11-17-10-15(2-3-19(17)29-20)18-12-22(26-13-25-18)24-7-5-14-1-4-21-16(9-14)6-8-30-21/h1-4,6,8-10,12-13,20H,5,7,11H2,(H,27,28)(H,24,25,26). The van der Waals surface area contributed by atoms with Gasteiger partial charge >= 0.3 is 5.97 Å². The van der Waals surface area contributed by atoms with Gasteiger partial charge in [-0.25, -0.2) is 14.8 Å². The van der Waals surface area contributed by atoms with Crippen LogP contribution in [0, 0.1) is 0 Å². The van der Waals surface area contributed by atoms with E-state index in [1.165, 1.54) is 15.6 Å². The molecule has 6 nitrogen and oxygen atoms in total. The van der Waals surface area contributed by atoms with Gasteiger partial charge in [0.05, 0.1) is 5.69 Å². The maximum atomic E-state index is 11.2. The fourth-order valence-electron chi connectivity index (χ4n) is 3.66. The number of carboxylic acids is 1. The van der Waals surface area contributed by atoms with E-state index in [-0.39, 0.29) is 0 Å². The molecule has 2 aromatic heterocycles. The van der Waals surface area contributed by atoms with Gasteiger partial charge in [-0.2, -0.15) is 0 Å². The fourth-order valence-corrected chi connectivity index (χ4v) is 4.43. The average Bonchev–Trinajstić information content (AvgIpc) is 3.40. The smallest absolute Gasteiger partial charge is 0.345 e. The van der Waals surface area contributed by atoms with Gasteiger partial charge in [-0.1, -0.05) is 12.1 Å². The number of fused-ring (bicyclic) bond motifs is 2. The largest absolute Gasteiger partial charge is 0.478 e. The number of ether oxygens (including phenoxy) is 1. The van der Waals surface area contributed by atoms with Crippen molar-refractivity contribution in [1.29, 1.82) is 0 Å². The lowest BCUT2D eigenvalue weighted by molar-refractivity contribution is -0.144. The number of aliphatic carboxylic acids is 1. The summed E-state index contributed by atoms with van der Waals surface area (Å²) in [5.41, 5.74) is 3.87. The van der Waals surface area contributed by atoms with Crippen molar-refractivity contribution in [3.63, 3.8) is 0 Å². The normalized spacial score (nSPS) is 15.0. The van der Waals surface area contributed by atoms with Crippen LogP contribution in [0.25, 0.3) is 21.3 Å². The summed E-state index contributed by atoms with van der Waals surface area (Å²) in [6, 6.07) is 16.3. The molecule has 5 rings (SSSR count). The Morgan fingerprint density at radius 2 is 2.10 bits per heavy atom. The first-order valence-corrected chi connectivity index (χ1v) is 10.6. The number of nitrogens with one attached hydrogen (secondary N) is 1. The minimum Gasteiger partial charge on any atom is -0.478 e. The summed E-state index contributed by atoms with van der Waals surface area (Å²) in [5, 5.41) is 15.9. The van der Waals surface area contributed by atoms with Gasteiger partial charge in [-0.05, 0) is 58.6 Å². The lowest BCUT2D eigenvalue weighted by Crippen LogP contribution is -2.24. The van der Waals surface area contributed by atoms with Crippen molar-refractivity contribution in [3.8, 4) is 17.0 Å². The molecule has 0 radical (unpaired) electrons. The monoisotopic (exact) mass is 417 g/mol. The van der Waals surface area contributed by atoms with Crippen LogP contribution in [0.3, 0.4) is 0 Å². The van der Waals surface area contributed by atoms with Crippen LogP contribution in [0.2, 0.25) is 0 Å². The number of thiophene rings is 1. The first-order valence-electron chi connectivity index (χ1n) is 9.70. The highest BCUT2D eigenvalue weighted by Gasteiger charge is 2.29. The van der Waals surface area contributed by atoms with E-state index in [1.807, 2.05) is 24.3 Å². The summed E-state index contributed by atoms with van der Waals surface area (Å²) in [6.07, 6.45) is 1.99. The maximum absolute atomic E-state index is 11.2. The van der Waals surface area contributed by atoms with Crippen LogP contribution in [0.5, 0.6) is 5.75 Å². The Balaban J connectivity index is 1.27. The second-order valence-corrected chi connectivity index (χ2v) is 8.18. The number of aromatic nitrogens is 2. The van der Waals surface area contributed by atoms with E-state index >= 15 is 0 Å². The summed E-state index contributed by atoms with van der Waals surface area (Å²) in [4.78, 5) is 19.9. The zero-order chi connectivity index (χ0) is 20.5. The third kappa shape index (κ3) is 3.71. The Labute approximate surface area is 177 Å². The number of hydrogen-bond acceptors (Lipinski definition) is 6. The molecular formula is C23H19N3O3S. The lowest BCUT2D eigenvalue weighted by atomic mass is 10.0. The van der Waals surface area contributed by atoms with Crippen molar-refractivity contribution in [2.75, 3.05) is 11.9 Å². The minimum atomic E-state index is -0.945. The Morgan fingerprint density at radius 1 is 1.17 bits per heavy atom. The van der Waals surface area contributed by atoms with Crippen LogP contribution < -0.4 is 10.1 Å². The van der Waals surface area contributed by atoms with Crippen LogP contribution in [0.4, 0.5) is 5.82 Å². The predicted octanol–water partition coefficient (Wildman–Crippen LogP) is 4.40. The van der Waals surface area contributed by atoms with Gasteiger partial charge in [0.1, 0.15) is 17.9 Å². The molecule has 0 amide bonds. The molecule has 0 saturated carbocycles. The summed E-state index contributed by atoms with van der Waals surface area (Å²) < 4.78 is 6.76. The maximum Gasteiger partial charge on any atom is 0.345 e. The van der Waals surface area contributed by atoms with Crippen LogP contribution in [-0.4, -0.2) is 33.7 Å². The molecule has 1 unspecified atom stereocenters. The molecule has 150 valence electrons. The molecule has 1 aliphatic heterocycles. The van der Waals surface area contributed by atoms with Crippen molar-refractivity contribution in [1.82, 2.24) is 9.97 Å².